The van der Waals surface area contributed by atoms with Crippen molar-refractivity contribution in [3.8, 4) is 0 Å². The lowest BCUT2D eigenvalue weighted by Crippen LogP contribution is -2.29. The van der Waals surface area contributed by atoms with Crippen LogP contribution < -0.4 is 11.1 Å². The van der Waals surface area contributed by atoms with Gasteiger partial charge in [0.15, 0.2) is 0 Å². The Hall–Kier alpha value is -1.03. The van der Waals surface area contributed by atoms with Crippen LogP contribution in [0.25, 0.3) is 0 Å². The van der Waals surface area contributed by atoms with Gasteiger partial charge in [-0.1, -0.05) is 0 Å². The summed E-state index contributed by atoms with van der Waals surface area (Å²) in [7, 11) is 0. The number of hydrogen-bond donors (Lipinski definition) is 2. The molecule has 2 rings (SSSR count). The van der Waals surface area contributed by atoms with Gasteiger partial charge in [0.1, 0.15) is 6.26 Å². The van der Waals surface area contributed by atoms with Crippen molar-refractivity contribution in [2.75, 3.05) is 13.1 Å². The molecule has 0 amide bonds. The van der Waals surface area contributed by atoms with Gasteiger partial charge >= 0.3 is 5.76 Å². The third-order valence-corrected chi connectivity index (χ3v) is 1.15. The van der Waals surface area contributed by atoms with Crippen molar-refractivity contribution in [3.63, 3.8) is 0 Å². The van der Waals surface area contributed by atoms with Gasteiger partial charge < -0.3 is 9.73 Å². The predicted molar refractivity (Wildman–Crippen MR) is 36.8 cm³/mol. The number of aromatic amines is 1. The lowest BCUT2D eigenvalue weighted by atomic mass is 10.3. The monoisotopic (exact) mass is 142 g/mol. The largest absolute Gasteiger partial charge is 0.417 e. The van der Waals surface area contributed by atoms with Gasteiger partial charge in [0.2, 0.25) is 0 Å². The second-order valence-electron chi connectivity index (χ2n) is 1.96. The van der Waals surface area contributed by atoms with Crippen molar-refractivity contribution in [3.05, 3.63) is 23.0 Å². The Balaban J connectivity index is 0.000000108. The first-order chi connectivity index (χ1) is 4.89. The minimum atomic E-state index is -0.407. The molecular weight excluding hydrogens is 132 g/mol. The Morgan fingerprint density at radius 3 is 2.20 bits per heavy atom. The molecule has 1 saturated heterocycles. The zero-order valence-corrected chi connectivity index (χ0v) is 5.59. The van der Waals surface area contributed by atoms with Crippen molar-refractivity contribution in [2.45, 2.75) is 6.42 Å². The van der Waals surface area contributed by atoms with E-state index in [9.17, 15) is 4.79 Å². The lowest BCUT2D eigenvalue weighted by molar-refractivity contribution is 0.515. The molecule has 4 heteroatoms. The molecule has 0 spiro atoms. The zero-order valence-electron chi connectivity index (χ0n) is 5.59. The molecule has 2 heterocycles. The predicted octanol–water partition coefficient (Wildman–Crippen LogP) is -0.0524. The molecule has 1 aromatic rings. The maximum atomic E-state index is 9.85. The number of aromatic nitrogens is 1. The Morgan fingerprint density at radius 1 is 1.50 bits per heavy atom. The summed E-state index contributed by atoms with van der Waals surface area (Å²) in [5.41, 5.74) is 0. The van der Waals surface area contributed by atoms with E-state index in [1.165, 1.54) is 32.0 Å². The summed E-state index contributed by atoms with van der Waals surface area (Å²) in [5.74, 6) is -0.407. The van der Waals surface area contributed by atoms with Crippen LogP contribution in [0.4, 0.5) is 0 Å². The van der Waals surface area contributed by atoms with Gasteiger partial charge in [-0.05, 0) is 19.5 Å². The summed E-state index contributed by atoms with van der Waals surface area (Å²) in [4.78, 5) is 12.1. The highest BCUT2D eigenvalue weighted by atomic mass is 16.4. The molecule has 0 radical (unpaired) electrons. The number of nitrogens with one attached hydrogen (secondary N) is 2. The summed E-state index contributed by atoms with van der Waals surface area (Å²) in [6.07, 6.45) is 4.12. The maximum Gasteiger partial charge on any atom is 0.416 e. The molecule has 0 aromatic carbocycles. The lowest BCUT2D eigenvalue weighted by Gasteiger charge is -2.09. The summed E-state index contributed by atoms with van der Waals surface area (Å²) in [6.45, 7) is 2.50. The van der Waals surface area contributed by atoms with E-state index in [-0.39, 0.29) is 0 Å². The highest BCUT2D eigenvalue weighted by Crippen LogP contribution is 1.80. The van der Waals surface area contributed by atoms with Crippen LogP contribution in [0, 0.1) is 0 Å². The molecule has 0 saturated carbocycles. The molecule has 2 N–H and O–H groups in total. The van der Waals surface area contributed by atoms with Crippen LogP contribution in [0.5, 0.6) is 0 Å². The molecule has 1 aliphatic rings. The first-order valence-corrected chi connectivity index (χ1v) is 3.22. The number of H-pyrrole nitrogens is 1. The number of hydrogen-bond acceptors (Lipinski definition) is 3. The van der Waals surface area contributed by atoms with Crippen molar-refractivity contribution in [2.24, 2.45) is 0 Å². The summed E-state index contributed by atoms with van der Waals surface area (Å²) < 4.78 is 4.22. The van der Waals surface area contributed by atoms with Crippen LogP contribution in [-0.4, -0.2) is 18.1 Å². The molecule has 1 aromatic heterocycles. The van der Waals surface area contributed by atoms with Gasteiger partial charge in [0.05, 0.1) is 0 Å². The van der Waals surface area contributed by atoms with Gasteiger partial charge in [-0.25, -0.2) is 4.79 Å². The third-order valence-electron chi connectivity index (χ3n) is 1.15. The molecule has 0 atom stereocenters. The minimum Gasteiger partial charge on any atom is -0.417 e. The van der Waals surface area contributed by atoms with E-state index < -0.39 is 5.76 Å². The normalized spacial score (nSPS) is 14.8. The first kappa shape index (κ1) is 7.08. The average Bonchev–Trinajstić information content (AvgIpc) is 2.12. The topological polar surface area (TPSA) is 58.0 Å². The van der Waals surface area contributed by atoms with E-state index in [1.807, 2.05) is 0 Å². The van der Waals surface area contributed by atoms with E-state index in [2.05, 4.69) is 14.7 Å². The summed E-state index contributed by atoms with van der Waals surface area (Å²) >= 11 is 0. The highest BCUT2D eigenvalue weighted by Gasteiger charge is 1.92. The summed E-state index contributed by atoms with van der Waals surface area (Å²) in [5, 5.41) is 3.11. The van der Waals surface area contributed by atoms with Gasteiger partial charge in [-0.2, -0.15) is 0 Å². The molecule has 0 aliphatic carbocycles. The van der Waals surface area contributed by atoms with Crippen LogP contribution >= 0.6 is 0 Å². The van der Waals surface area contributed by atoms with Crippen LogP contribution in [0.3, 0.4) is 0 Å². The average molecular weight is 142 g/mol. The Morgan fingerprint density at radius 2 is 2.10 bits per heavy atom. The van der Waals surface area contributed by atoms with Crippen molar-refractivity contribution >= 4 is 0 Å². The zero-order chi connectivity index (χ0) is 7.23. The molecule has 1 fully saturated rings. The van der Waals surface area contributed by atoms with E-state index in [4.69, 9.17) is 0 Å². The Kier molecular flexibility index (Phi) is 2.76. The number of rotatable bonds is 0. The fourth-order valence-corrected chi connectivity index (χ4v) is 0.409. The van der Waals surface area contributed by atoms with Gasteiger partial charge in [0, 0.05) is 6.20 Å². The van der Waals surface area contributed by atoms with Crippen molar-refractivity contribution < 1.29 is 4.42 Å². The van der Waals surface area contributed by atoms with E-state index >= 15 is 0 Å². The van der Waals surface area contributed by atoms with Crippen molar-refractivity contribution in [1.82, 2.24) is 10.3 Å². The van der Waals surface area contributed by atoms with Crippen LogP contribution in [0.2, 0.25) is 0 Å². The quantitative estimate of drug-likeness (QED) is 0.534. The second kappa shape index (κ2) is 3.90. The smallest absolute Gasteiger partial charge is 0.416 e. The van der Waals surface area contributed by atoms with E-state index in [0.717, 1.165) is 0 Å². The Labute approximate surface area is 58.3 Å². The Bertz CT molecular complexity index is 191. The molecule has 1 aliphatic heterocycles. The molecule has 0 unspecified atom stereocenters. The first-order valence-electron chi connectivity index (χ1n) is 3.22. The van der Waals surface area contributed by atoms with Gasteiger partial charge in [0.25, 0.3) is 0 Å². The molecule has 10 heavy (non-hydrogen) atoms. The van der Waals surface area contributed by atoms with E-state index in [1.54, 1.807) is 0 Å². The van der Waals surface area contributed by atoms with Crippen LogP contribution in [-0.2, 0) is 0 Å². The van der Waals surface area contributed by atoms with Crippen molar-refractivity contribution in [1.29, 1.82) is 0 Å². The summed E-state index contributed by atoms with van der Waals surface area (Å²) in [6, 6.07) is 0. The van der Waals surface area contributed by atoms with Gasteiger partial charge in [-0.3, -0.25) is 4.98 Å². The molecule has 4 nitrogen and oxygen atoms in total. The molecule has 0 bridgehead atoms. The molecule has 56 valence electrons. The fraction of sp³-hybridized carbons (Fsp3) is 0.500. The standard InChI is InChI=1S/C3H3NO2.C3H7N/c5-3-4-1-2-6-3;1-2-4-3-1/h1-2H,(H,4,5);4H,1-3H2. The van der Waals surface area contributed by atoms with Gasteiger partial charge in [-0.15, -0.1) is 0 Å². The minimum absolute atomic E-state index is 0.407. The SMILES string of the molecule is C1CNC1.O=c1[nH]cco1. The molecular formula is C6H10N2O2. The van der Waals surface area contributed by atoms with Crippen LogP contribution in [0.15, 0.2) is 21.7 Å². The third kappa shape index (κ3) is 2.50. The highest BCUT2D eigenvalue weighted by molar-refractivity contribution is 4.58. The number of oxazole rings is 1. The van der Waals surface area contributed by atoms with E-state index in [0.29, 0.717) is 0 Å². The maximum absolute atomic E-state index is 9.85. The second-order valence-corrected chi connectivity index (χ2v) is 1.96. The fourth-order valence-electron chi connectivity index (χ4n) is 0.409. The van der Waals surface area contributed by atoms with Crippen LogP contribution in [0.1, 0.15) is 6.42 Å².